The summed E-state index contributed by atoms with van der Waals surface area (Å²) in [5, 5.41) is 12.4. The molecular formula is C16H17FN2O4. The maximum absolute atomic E-state index is 12.8. The zero-order valence-corrected chi connectivity index (χ0v) is 12.5. The van der Waals surface area contributed by atoms with Crippen LogP contribution in [0, 0.1) is 5.82 Å². The molecule has 0 aliphatic carbocycles. The molecule has 1 aromatic heterocycles. The van der Waals surface area contributed by atoms with E-state index in [0.29, 0.717) is 5.75 Å². The summed E-state index contributed by atoms with van der Waals surface area (Å²) in [5.41, 5.74) is 0.279. The van der Waals surface area contributed by atoms with Gasteiger partial charge in [-0.05, 0) is 36.4 Å². The zero-order valence-electron chi connectivity index (χ0n) is 12.5. The van der Waals surface area contributed by atoms with Gasteiger partial charge in [0, 0.05) is 12.7 Å². The maximum atomic E-state index is 12.8. The highest BCUT2D eigenvalue weighted by molar-refractivity contribution is 5.96. The molecule has 23 heavy (non-hydrogen) atoms. The maximum Gasteiger partial charge on any atom is 0.256 e. The number of hydrogen-bond donors (Lipinski definition) is 2. The van der Waals surface area contributed by atoms with Gasteiger partial charge in [-0.3, -0.25) is 4.79 Å². The lowest BCUT2D eigenvalue weighted by Crippen LogP contribution is -2.35. The quantitative estimate of drug-likeness (QED) is 0.806. The molecule has 1 unspecified atom stereocenters. The van der Waals surface area contributed by atoms with Crippen molar-refractivity contribution < 1.29 is 23.8 Å². The summed E-state index contributed by atoms with van der Waals surface area (Å²) >= 11 is 0. The summed E-state index contributed by atoms with van der Waals surface area (Å²) in [6, 6.07) is 8.63. The molecule has 0 aliphatic heterocycles. The second-order valence-electron chi connectivity index (χ2n) is 4.69. The van der Waals surface area contributed by atoms with Crippen molar-refractivity contribution >= 4 is 5.91 Å². The van der Waals surface area contributed by atoms with Crippen molar-refractivity contribution in [1.29, 1.82) is 0 Å². The summed E-state index contributed by atoms with van der Waals surface area (Å²) in [4.78, 5) is 15.9. The highest BCUT2D eigenvalue weighted by Gasteiger charge is 2.14. The molecule has 2 N–H and O–H groups in total. The molecule has 2 aromatic rings. The number of aromatic nitrogens is 1. The van der Waals surface area contributed by atoms with Gasteiger partial charge in [-0.25, -0.2) is 9.37 Å². The standard InChI is InChI=1S/C16H17FN2O4/c1-22-16-14(3-2-8-18-16)15(21)19-9-12(20)10-23-13-6-4-11(17)5-7-13/h2-8,12,20H,9-10H2,1H3,(H,19,21). The van der Waals surface area contributed by atoms with E-state index in [2.05, 4.69) is 10.3 Å². The van der Waals surface area contributed by atoms with Crippen LogP contribution in [0.5, 0.6) is 11.6 Å². The molecule has 2 rings (SSSR count). The third kappa shape index (κ3) is 4.93. The van der Waals surface area contributed by atoms with Crippen molar-refractivity contribution in [3.63, 3.8) is 0 Å². The van der Waals surface area contributed by atoms with Crippen molar-refractivity contribution in [2.75, 3.05) is 20.3 Å². The minimum atomic E-state index is -0.910. The third-order valence-electron chi connectivity index (χ3n) is 2.96. The molecule has 0 bridgehead atoms. The smallest absolute Gasteiger partial charge is 0.256 e. The molecule has 0 saturated carbocycles. The van der Waals surface area contributed by atoms with E-state index in [1.165, 1.54) is 37.6 Å². The number of nitrogens with one attached hydrogen (secondary N) is 1. The van der Waals surface area contributed by atoms with E-state index in [-0.39, 0.29) is 30.4 Å². The molecule has 0 saturated heterocycles. The Hall–Kier alpha value is -2.67. The molecule has 0 radical (unpaired) electrons. The molecule has 1 atom stereocenters. The Morgan fingerprint density at radius 1 is 1.35 bits per heavy atom. The molecule has 122 valence electrons. The van der Waals surface area contributed by atoms with Crippen molar-refractivity contribution in [1.82, 2.24) is 10.3 Å². The number of aliphatic hydroxyl groups excluding tert-OH is 1. The summed E-state index contributed by atoms with van der Waals surface area (Å²) in [6.07, 6.45) is 0.604. The lowest BCUT2D eigenvalue weighted by Gasteiger charge is -2.14. The average molecular weight is 320 g/mol. The molecule has 1 aromatic carbocycles. The minimum absolute atomic E-state index is 0.00191. The van der Waals surface area contributed by atoms with E-state index < -0.39 is 12.0 Å². The predicted molar refractivity (Wildman–Crippen MR) is 81.0 cm³/mol. The van der Waals surface area contributed by atoms with Crippen molar-refractivity contribution in [3.8, 4) is 11.6 Å². The topological polar surface area (TPSA) is 80.7 Å². The van der Waals surface area contributed by atoms with E-state index in [0.717, 1.165) is 0 Å². The van der Waals surface area contributed by atoms with Gasteiger partial charge in [0.15, 0.2) is 0 Å². The number of benzene rings is 1. The van der Waals surface area contributed by atoms with Gasteiger partial charge in [-0.15, -0.1) is 0 Å². The van der Waals surface area contributed by atoms with E-state index in [1.807, 2.05) is 0 Å². The highest BCUT2D eigenvalue weighted by atomic mass is 19.1. The number of ether oxygens (including phenoxy) is 2. The third-order valence-corrected chi connectivity index (χ3v) is 2.96. The molecule has 0 fully saturated rings. The zero-order chi connectivity index (χ0) is 16.7. The van der Waals surface area contributed by atoms with Crippen LogP contribution in [-0.4, -0.2) is 42.4 Å². The SMILES string of the molecule is COc1ncccc1C(=O)NCC(O)COc1ccc(F)cc1. The molecular weight excluding hydrogens is 303 g/mol. The second kappa shape index (κ2) is 8.09. The van der Waals surface area contributed by atoms with Crippen LogP contribution in [0.25, 0.3) is 0 Å². The number of methoxy groups -OCH3 is 1. The summed E-state index contributed by atoms with van der Waals surface area (Å²) in [6.45, 7) is -0.0336. The van der Waals surface area contributed by atoms with Crippen LogP contribution in [0.2, 0.25) is 0 Å². The Balaban J connectivity index is 1.80. The lowest BCUT2D eigenvalue weighted by atomic mass is 10.2. The van der Waals surface area contributed by atoms with Gasteiger partial charge in [0.25, 0.3) is 5.91 Å². The Bertz CT molecular complexity index is 649. The van der Waals surface area contributed by atoms with E-state index in [4.69, 9.17) is 9.47 Å². The van der Waals surface area contributed by atoms with Crippen LogP contribution in [0.1, 0.15) is 10.4 Å². The molecule has 7 heteroatoms. The number of amides is 1. The predicted octanol–water partition coefficient (Wildman–Crippen LogP) is 1.40. The molecule has 0 aliphatic rings. The first-order valence-electron chi connectivity index (χ1n) is 6.94. The minimum Gasteiger partial charge on any atom is -0.491 e. The molecule has 6 nitrogen and oxygen atoms in total. The number of nitrogens with zero attached hydrogens (tertiary/aromatic N) is 1. The van der Waals surface area contributed by atoms with Crippen LogP contribution in [0.4, 0.5) is 4.39 Å². The Labute approximate surface area is 132 Å². The van der Waals surface area contributed by atoms with Gasteiger partial charge >= 0.3 is 0 Å². The van der Waals surface area contributed by atoms with E-state index >= 15 is 0 Å². The fraction of sp³-hybridized carbons (Fsp3) is 0.250. The van der Waals surface area contributed by atoms with Crippen molar-refractivity contribution in [2.24, 2.45) is 0 Å². The fourth-order valence-electron chi connectivity index (χ4n) is 1.81. The summed E-state index contributed by atoms with van der Waals surface area (Å²) in [7, 11) is 1.42. The number of pyridine rings is 1. The van der Waals surface area contributed by atoms with Crippen LogP contribution in [0.15, 0.2) is 42.6 Å². The monoisotopic (exact) mass is 320 g/mol. The Morgan fingerprint density at radius 2 is 2.09 bits per heavy atom. The fourth-order valence-corrected chi connectivity index (χ4v) is 1.81. The molecule has 1 amide bonds. The normalized spacial score (nSPS) is 11.6. The second-order valence-corrected chi connectivity index (χ2v) is 4.69. The van der Waals surface area contributed by atoms with Crippen LogP contribution in [-0.2, 0) is 0 Å². The largest absolute Gasteiger partial charge is 0.491 e. The van der Waals surface area contributed by atoms with E-state index in [1.54, 1.807) is 12.1 Å². The summed E-state index contributed by atoms with van der Waals surface area (Å²) < 4.78 is 23.0. The molecule has 1 heterocycles. The Morgan fingerprint density at radius 3 is 2.78 bits per heavy atom. The average Bonchev–Trinajstić information content (AvgIpc) is 2.59. The van der Waals surface area contributed by atoms with Crippen molar-refractivity contribution in [3.05, 3.63) is 54.0 Å². The van der Waals surface area contributed by atoms with Crippen molar-refractivity contribution in [2.45, 2.75) is 6.10 Å². The number of carbonyl (C=O) groups is 1. The van der Waals surface area contributed by atoms with Gasteiger partial charge in [-0.2, -0.15) is 0 Å². The number of hydrogen-bond acceptors (Lipinski definition) is 5. The number of aliphatic hydroxyl groups is 1. The number of rotatable bonds is 7. The number of carbonyl (C=O) groups excluding carboxylic acids is 1. The van der Waals surface area contributed by atoms with Crippen LogP contribution in [0.3, 0.4) is 0 Å². The first-order chi connectivity index (χ1) is 11.1. The summed E-state index contributed by atoms with van der Waals surface area (Å²) in [5.74, 6) is -0.126. The van der Waals surface area contributed by atoms with Gasteiger partial charge in [0.2, 0.25) is 5.88 Å². The Kier molecular flexibility index (Phi) is 5.87. The first kappa shape index (κ1) is 16.7. The lowest BCUT2D eigenvalue weighted by molar-refractivity contribution is 0.0840. The van der Waals surface area contributed by atoms with Gasteiger partial charge < -0.3 is 19.9 Å². The highest BCUT2D eigenvalue weighted by Crippen LogP contribution is 2.13. The molecule has 0 spiro atoms. The number of halogens is 1. The van der Waals surface area contributed by atoms with Gasteiger partial charge in [0.05, 0.1) is 7.11 Å². The van der Waals surface area contributed by atoms with Gasteiger partial charge in [-0.1, -0.05) is 0 Å². The first-order valence-corrected chi connectivity index (χ1v) is 6.94. The van der Waals surface area contributed by atoms with E-state index in [9.17, 15) is 14.3 Å². The van der Waals surface area contributed by atoms with Crippen LogP contribution < -0.4 is 14.8 Å². The van der Waals surface area contributed by atoms with Gasteiger partial charge in [0.1, 0.15) is 29.8 Å². The van der Waals surface area contributed by atoms with Crippen LogP contribution >= 0.6 is 0 Å².